The van der Waals surface area contributed by atoms with Crippen LogP contribution in [0.1, 0.15) is 12.8 Å². The topological polar surface area (TPSA) is 38.8 Å². The van der Waals surface area contributed by atoms with Gasteiger partial charge in [0.2, 0.25) is 5.91 Å². The maximum atomic E-state index is 11.7. The van der Waals surface area contributed by atoms with Gasteiger partial charge in [-0.1, -0.05) is 6.08 Å². The molecule has 1 aliphatic rings. The molecule has 0 radical (unpaired) electrons. The molecule has 0 N–H and O–H groups in total. The van der Waals surface area contributed by atoms with Gasteiger partial charge in [0.25, 0.3) is 0 Å². The number of amides is 1. The molecule has 5 heteroatoms. The molecule has 1 rings (SSSR count). The molecule has 98 valence electrons. The van der Waals surface area contributed by atoms with Crippen LogP contribution < -0.4 is 0 Å². The predicted molar refractivity (Wildman–Crippen MR) is 69.9 cm³/mol. The smallest absolute Gasteiger partial charge is 0.334 e. The van der Waals surface area contributed by atoms with E-state index in [4.69, 9.17) is 8.85 Å². The Morgan fingerprint density at radius 2 is 2.18 bits per heavy atom. The van der Waals surface area contributed by atoms with Crippen molar-refractivity contribution in [3.63, 3.8) is 0 Å². The van der Waals surface area contributed by atoms with Gasteiger partial charge >= 0.3 is 8.56 Å². The van der Waals surface area contributed by atoms with Crippen LogP contribution in [0.2, 0.25) is 12.6 Å². The maximum absolute atomic E-state index is 11.7. The van der Waals surface area contributed by atoms with Crippen molar-refractivity contribution < 1.29 is 13.6 Å². The molecule has 0 spiro atoms. The maximum Gasteiger partial charge on any atom is 0.334 e. The summed E-state index contributed by atoms with van der Waals surface area (Å²) in [5, 5.41) is 0. The van der Waals surface area contributed by atoms with E-state index in [1.807, 2.05) is 17.5 Å². The second-order valence-electron chi connectivity index (χ2n) is 4.69. The van der Waals surface area contributed by atoms with Crippen molar-refractivity contribution in [3.05, 3.63) is 12.7 Å². The summed E-state index contributed by atoms with van der Waals surface area (Å²) in [7, 11) is 1.42. The number of likely N-dealkylation sites (tertiary alicyclic amines) is 1. The van der Waals surface area contributed by atoms with E-state index in [1.165, 1.54) is 0 Å². The molecule has 0 aliphatic carbocycles. The molecule has 1 fully saturated rings. The fourth-order valence-corrected chi connectivity index (χ4v) is 3.43. The highest BCUT2D eigenvalue weighted by atomic mass is 28.4. The average Bonchev–Trinajstić information content (AvgIpc) is 2.70. The quantitative estimate of drug-likeness (QED) is 0.515. The molecule has 0 aromatic heterocycles. The van der Waals surface area contributed by atoms with Crippen molar-refractivity contribution in [3.8, 4) is 0 Å². The highest BCUT2D eigenvalue weighted by molar-refractivity contribution is 6.65. The second-order valence-corrected chi connectivity index (χ2v) is 8.27. The molecule has 0 saturated carbocycles. The molecule has 17 heavy (non-hydrogen) atoms. The minimum Gasteiger partial charge on any atom is -0.398 e. The third kappa shape index (κ3) is 3.94. The standard InChI is InChI=1S/C12H23NO3Si/c1-5-11-9-12(14)13(10-11)7-6-8-17(4,15-2)16-3/h5,11H,1,6-10H2,2-4H3. The van der Waals surface area contributed by atoms with Crippen molar-refractivity contribution in [2.75, 3.05) is 27.3 Å². The first-order valence-corrected chi connectivity index (χ1v) is 8.57. The SMILES string of the molecule is C=CC1CC(=O)N(CCC[Si](C)(OC)OC)C1. The van der Waals surface area contributed by atoms with Gasteiger partial charge in [0.15, 0.2) is 0 Å². The third-order valence-electron chi connectivity index (χ3n) is 3.50. The van der Waals surface area contributed by atoms with Crippen molar-refractivity contribution in [2.24, 2.45) is 5.92 Å². The largest absolute Gasteiger partial charge is 0.398 e. The lowest BCUT2D eigenvalue weighted by Crippen LogP contribution is -2.37. The Bertz CT molecular complexity index is 279. The average molecular weight is 257 g/mol. The van der Waals surface area contributed by atoms with Crippen molar-refractivity contribution in [1.29, 1.82) is 0 Å². The van der Waals surface area contributed by atoms with Crippen LogP contribution in [-0.2, 0) is 13.6 Å². The van der Waals surface area contributed by atoms with Crippen molar-refractivity contribution in [1.82, 2.24) is 4.90 Å². The fraction of sp³-hybridized carbons (Fsp3) is 0.750. The van der Waals surface area contributed by atoms with E-state index in [0.29, 0.717) is 12.3 Å². The Kier molecular flexibility index (Phi) is 5.36. The van der Waals surface area contributed by atoms with E-state index in [-0.39, 0.29) is 5.91 Å². The third-order valence-corrected chi connectivity index (χ3v) is 6.49. The summed E-state index contributed by atoms with van der Waals surface area (Å²) >= 11 is 0. The normalized spacial score (nSPS) is 21.0. The van der Waals surface area contributed by atoms with Gasteiger partial charge in [0.05, 0.1) is 0 Å². The van der Waals surface area contributed by atoms with E-state index in [0.717, 1.165) is 25.6 Å². The molecule has 1 aliphatic heterocycles. The number of nitrogens with zero attached hydrogens (tertiary/aromatic N) is 1. The van der Waals surface area contributed by atoms with E-state index in [9.17, 15) is 4.79 Å². The van der Waals surface area contributed by atoms with Crippen LogP contribution in [0.5, 0.6) is 0 Å². The van der Waals surface area contributed by atoms with Gasteiger partial charge in [-0.2, -0.15) is 0 Å². The van der Waals surface area contributed by atoms with Gasteiger partial charge in [-0.3, -0.25) is 4.79 Å². The minimum atomic E-state index is -1.97. The summed E-state index contributed by atoms with van der Waals surface area (Å²) in [5.74, 6) is 0.573. The van der Waals surface area contributed by atoms with Gasteiger partial charge in [0, 0.05) is 39.6 Å². The first-order chi connectivity index (χ1) is 8.04. The zero-order valence-corrected chi connectivity index (χ0v) is 12.1. The number of carbonyl (C=O) groups excluding carboxylic acids is 1. The first kappa shape index (κ1) is 14.4. The summed E-state index contributed by atoms with van der Waals surface area (Å²) < 4.78 is 10.8. The number of carbonyl (C=O) groups is 1. The molecule has 1 saturated heterocycles. The molecule has 0 aromatic carbocycles. The van der Waals surface area contributed by atoms with Gasteiger partial charge < -0.3 is 13.8 Å². The van der Waals surface area contributed by atoms with Crippen molar-refractivity contribution >= 4 is 14.5 Å². The Morgan fingerprint density at radius 3 is 2.65 bits per heavy atom. The lowest BCUT2D eigenvalue weighted by Gasteiger charge is -2.24. The van der Waals surface area contributed by atoms with Crippen LogP contribution in [-0.4, -0.2) is 46.7 Å². The molecule has 1 heterocycles. The summed E-state index contributed by atoms with van der Waals surface area (Å²) in [6.45, 7) is 7.42. The molecule has 1 unspecified atom stereocenters. The fourth-order valence-electron chi connectivity index (χ4n) is 2.06. The lowest BCUT2D eigenvalue weighted by atomic mass is 10.1. The van der Waals surface area contributed by atoms with Gasteiger partial charge in [0.1, 0.15) is 0 Å². The minimum absolute atomic E-state index is 0.244. The molecule has 4 nitrogen and oxygen atoms in total. The number of hydrogen-bond donors (Lipinski definition) is 0. The Balaban J connectivity index is 2.32. The predicted octanol–water partition coefficient (Wildman–Crippen LogP) is 1.78. The summed E-state index contributed by atoms with van der Waals surface area (Å²) in [4.78, 5) is 13.6. The molecule has 0 bridgehead atoms. The lowest BCUT2D eigenvalue weighted by molar-refractivity contribution is -0.127. The molecular weight excluding hydrogens is 234 g/mol. The monoisotopic (exact) mass is 257 g/mol. The van der Waals surface area contributed by atoms with Gasteiger partial charge in [-0.25, -0.2) is 0 Å². The summed E-state index contributed by atoms with van der Waals surface area (Å²) in [5.41, 5.74) is 0. The molecule has 1 atom stereocenters. The van der Waals surface area contributed by atoms with E-state index in [2.05, 4.69) is 6.58 Å². The highest BCUT2D eigenvalue weighted by Crippen LogP contribution is 2.20. The molecule has 0 aromatic rings. The van der Waals surface area contributed by atoms with E-state index < -0.39 is 8.56 Å². The summed E-state index contributed by atoms with van der Waals surface area (Å²) in [6.07, 6.45) is 3.44. The van der Waals surface area contributed by atoms with E-state index >= 15 is 0 Å². The van der Waals surface area contributed by atoms with Crippen LogP contribution >= 0.6 is 0 Å². The zero-order chi connectivity index (χ0) is 12.9. The van der Waals surface area contributed by atoms with Crippen molar-refractivity contribution in [2.45, 2.75) is 25.4 Å². The molecule has 1 amide bonds. The Labute approximate surface area is 105 Å². The van der Waals surface area contributed by atoms with Crippen LogP contribution in [0.3, 0.4) is 0 Å². The van der Waals surface area contributed by atoms with Crippen LogP contribution in [0.15, 0.2) is 12.7 Å². The molecular formula is C12H23NO3Si. The van der Waals surface area contributed by atoms with Crippen LogP contribution in [0.4, 0.5) is 0 Å². The van der Waals surface area contributed by atoms with Crippen LogP contribution in [0, 0.1) is 5.92 Å². The second kappa shape index (κ2) is 6.33. The first-order valence-electron chi connectivity index (χ1n) is 6.05. The summed E-state index contributed by atoms with van der Waals surface area (Å²) in [6, 6.07) is 0.919. The van der Waals surface area contributed by atoms with Gasteiger partial charge in [-0.15, -0.1) is 6.58 Å². The van der Waals surface area contributed by atoms with Crippen LogP contribution in [0.25, 0.3) is 0 Å². The van der Waals surface area contributed by atoms with Gasteiger partial charge in [-0.05, 0) is 19.0 Å². The highest BCUT2D eigenvalue weighted by Gasteiger charge is 2.30. The zero-order valence-electron chi connectivity index (χ0n) is 11.1. The Morgan fingerprint density at radius 1 is 1.53 bits per heavy atom. The van der Waals surface area contributed by atoms with E-state index in [1.54, 1.807) is 14.2 Å². The number of hydrogen-bond acceptors (Lipinski definition) is 3. The number of rotatable bonds is 7. The Hall–Kier alpha value is -0.653.